The Morgan fingerprint density at radius 1 is 1.36 bits per heavy atom. The van der Waals surface area contributed by atoms with Crippen LogP contribution in [-0.2, 0) is 9.47 Å². The van der Waals surface area contributed by atoms with Gasteiger partial charge in [0.2, 0.25) is 0 Å². The van der Waals surface area contributed by atoms with E-state index in [0.29, 0.717) is 12.5 Å². The van der Waals surface area contributed by atoms with Crippen molar-refractivity contribution in [1.29, 1.82) is 0 Å². The molecule has 0 amide bonds. The molecular formula is C8H15NO2. The summed E-state index contributed by atoms with van der Waals surface area (Å²) in [5.74, 6) is 0.166. The third-order valence-corrected chi connectivity index (χ3v) is 2.76. The van der Waals surface area contributed by atoms with Gasteiger partial charge in [-0.05, 0) is 12.8 Å². The van der Waals surface area contributed by atoms with E-state index < -0.39 is 0 Å². The number of ether oxygens (including phenoxy) is 2. The lowest BCUT2D eigenvalue weighted by atomic mass is 10.0. The first kappa shape index (κ1) is 7.53. The third-order valence-electron chi connectivity index (χ3n) is 2.76. The van der Waals surface area contributed by atoms with E-state index in [2.05, 4.69) is 0 Å². The van der Waals surface area contributed by atoms with Crippen molar-refractivity contribution < 1.29 is 9.47 Å². The van der Waals surface area contributed by atoms with Gasteiger partial charge in [0.25, 0.3) is 0 Å². The van der Waals surface area contributed by atoms with E-state index in [1.165, 1.54) is 6.42 Å². The van der Waals surface area contributed by atoms with Crippen LogP contribution < -0.4 is 5.73 Å². The second-order valence-electron chi connectivity index (χ2n) is 3.33. The normalized spacial score (nSPS) is 35.2. The molecule has 2 rings (SSSR count). The molecule has 2 N–H and O–H groups in total. The Hall–Kier alpha value is -0.120. The fourth-order valence-corrected chi connectivity index (χ4v) is 2.17. The van der Waals surface area contributed by atoms with Crippen molar-refractivity contribution in [2.45, 2.75) is 25.0 Å². The largest absolute Gasteiger partial charge is 0.347 e. The van der Waals surface area contributed by atoms with Crippen LogP contribution in [0.4, 0.5) is 0 Å². The fourth-order valence-electron chi connectivity index (χ4n) is 2.17. The maximum atomic E-state index is 5.63. The van der Waals surface area contributed by atoms with Crippen LogP contribution in [-0.4, -0.2) is 25.5 Å². The van der Waals surface area contributed by atoms with Gasteiger partial charge < -0.3 is 15.2 Å². The lowest BCUT2D eigenvalue weighted by Crippen LogP contribution is -2.38. The molecule has 0 aromatic heterocycles. The van der Waals surface area contributed by atoms with Gasteiger partial charge >= 0.3 is 0 Å². The Morgan fingerprint density at radius 2 is 2.09 bits per heavy atom. The number of hydrogen-bond acceptors (Lipinski definition) is 3. The molecule has 0 bridgehead atoms. The minimum atomic E-state index is -0.269. The standard InChI is InChI=1S/C8H15NO2/c9-6-7-2-1-3-8(7)10-4-5-11-8/h7H,1-6,9H2. The molecule has 1 spiro atoms. The summed E-state index contributed by atoms with van der Waals surface area (Å²) in [6.45, 7) is 2.19. The Bertz CT molecular complexity index is 138. The van der Waals surface area contributed by atoms with Crippen molar-refractivity contribution in [3.63, 3.8) is 0 Å². The van der Waals surface area contributed by atoms with Crippen LogP contribution in [0.3, 0.4) is 0 Å². The summed E-state index contributed by atoms with van der Waals surface area (Å²) >= 11 is 0. The highest BCUT2D eigenvalue weighted by molar-refractivity contribution is 4.89. The van der Waals surface area contributed by atoms with E-state index >= 15 is 0 Å². The highest BCUT2D eigenvalue weighted by Crippen LogP contribution is 2.41. The molecule has 2 aliphatic rings. The summed E-state index contributed by atoms with van der Waals surface area (Å²) < 4.78 is 11.2. The molecule has 1 heterocycles. The molecule has 0 aromatic rings. The number of hydrogen-bond donors (Lipinski definition) is 1. The molecule has 11 heavy (non-hydrogen) atoms. The van der Waals surface area contributed by atoms with Gasteiger partial charge in [0.05, 0.1) is 13.2 Å². The Balaban J connectivity index is 2.09. The first-order valence-electron chi connectivity index (χ1n) is 4.35. The summed E-state index contributed by atoms with van der Waals surface area (Å²) in [6, 6.07) is 0. The van der Waals surface area contributed by atoms with Crippen LogP contribution >= 0.6 is 0 Å². The van der Waals surface area contributed by atoms with E-state index in [4.69, 9.17) is 15.2 Å². The molecule has 1 saturated heterocycles. The molecule has 0 aromatic carbocycles. The first-order valence-corrected chi connectivity index (χ1v) is 4.35. The van der Waals surface area contributed by atoms with Gasteiger partial charge in [0, 0.05) is 18.9 Å². The Labute approximate surface area is 66.8 Å². The average Bonchev–Trinajstić information content (AvgIpc) is 2.62. The topological polar surface area (TPSA) is 44.5 Å². The van der Waals surface area contributed by atoms with Crippen LogP contribution in [0.25, 0.3) is 0 Å². The lowest BCUT2D eigenvalue weighted by Gasteiger charge is -2.28. The van der Waals surface area contributed by atoms with Gasteiger partial charge in [0.15, 0.2) is 5.79 Å². The summed E-state index contributed by atoms with van der Waals surface area (Å²) in [4.78, 5) is 0. The molecule has 64 valence electrons. The van der Waals surface area contributed by atoms with Gasteiger partial charge in [-0.15, -0.1) is 0 Å². The van der Waals surface area contributed by atoms with Gasteiger partial charge in [-0.2, -0.15) is 0 Å². The molecule has 0 radical (unpaired) electrons. The van der Waals surface area contributed by atoms with Gasteiger partial charge in [-0.1, -0.05) is 0 Å². The molecule has 3 heteroatoms. The van der Waals surface area contributed by atoms with Crippen molar-refractivity contribution in [2.24, 2.45) is 11.7 Å². The summed E-state index contributed by atoms with van der Waals surface area (Å²) in [5, 5.41) is 0. The molecule has 3 nitrogen and oxygen atoms in total. The lowest BCUT2D eigenvalue weighted by molar-refractivity contribution is -0.178. The van der Waals surface area contributed by atoms with Crippen molar-refractivity contribution in [1.82, 2.24) is 0 Å². The van der Waals surface area contributed by atoms with E-state index in [0.717, 1.165) is 26.1 Å². The minimum absolute atomic E-state index is 0.269. The highest BCUT2D eigenvalue weighted by Gasteiger charge is 2.46. The van der Waals surface area contributed by atoms with Gasteiger partial charge in [-0.25, -0.2) is 0 Å². The molecule has 1 unspecified atom stereocenters. The van der Waals surface area contributed by atoms with Crippen LogP contribution in [0.15, 0.2) is 0 Å². The second kappa shape index (κ2) is 2.73. The first-order chi connectivity index (χ1) is 5.37. The summed E-state index contributed by atoms with van der Waals surface area (Å²) in [7, 11) is 0. The SMILES string of the molecule is NCC1CCCC12OCCO2. The van der Waals surface area contributed by atoms with Crippen molar-refractivity contribution >= 4 is 0 Å². The van der Waals surface area contributed by atoms with Crippen LogP contribution in [0, 0.1) is 5.92 Å². The summed E-state index contributed by atoms with van der Waals surface area (Å²) in [5.41, 5.74) is 5.63. The average molecular weight is 157 g/mol. The smallest absolute Gasteiger partial charge is 0.172 e. The predicted octanol–water partition coefficient (Wildman–Crippen LogP) is 0.488. The maximum absolute atomic E-state index is 5.63. The van der Waals surface area contributed by atoms with E-state index in [-0.39, 0.29) is 5.79 Å². The van der Waals surface area contributed by atoms with E-state index in [9.17, 15) is 0 Å². The molecular weight excluding hydrogens is 142 g/mol. The zero-order valence-corrected chi connectivity index (χ0v) is 6.71. The van der Waals surface area contributed by atoms with Crippen molar-refractivity contribution in [2.75, 3.05) is 19.8 Å². The van der Waals surface area contributed by atoms with Crippen molar-refractivity contribution in [3.05, 3.63) is 0 Å². The molecule has 1 aliphatic carbocycles. The monoisotopic (exact) mass is 157 g/mol. The van der Waals surface area contributed by atoms with Crippen LogP contribution in [0.5, 0.6) is 0 Å². The Morgan fingerprint density at radius 3 is 2.73 bits per heavy atom. The quantitative estimate of drug-likeness (QED) is 0.602. The maximum Gasteiger partial charge on any atom is 0.172 e. The second-order valence-corrected chi connectivity index (χ2v) is 3.33. The Kier molecular flexibility index (Phi) is 1.87. The zero-order chi connectivity index (χ0) is 7.73. The third kappa shape index (κ3) is 1.08. The van der Waals surface area contributed by atoms with E-state index in [1.54, 1.807) is 0 Å². The fraction of sp³-hybridized carbons (Fsp3) is 1.00. The number of nitrogens with two attached hydrogens (primary N) is 1. The highest BCUT2D eigenvalue weighted by atomic mass is 16.7. The predicted molar refractivity (Wildman–Crippen MR) is 41.0 cm³/mol. The van der Waals surface area contributed by atoms with Gasteiger partial charge in [-0.3, -0.25) is 0 Å². The van der Waals surface area contributed by atoms with Crippen LogP contribution in [0.1, 0.15) is 19.3 Å². The van der Waals surface area contributed by atoms with Gasteiger partial charge in [0.1, 0.15) is 0 Å². The molecule has 2 fully saturated rings. The summed E-state index contributed by atoms with van der Waals surface area (Å²) in [6.07, 6.45) is 3.40. The van der Waals surface area contributed by atoms with Crippen LogP contribution in [0.2, 0.25) is 0 Å². The molecule has 1 aliphatic heterocycles. The molecule has 1 saturated carbocycles. The molecule has 1 atom stereocenters. The minimum Gasteiger partial charge on any atom is -0.347 e. The number of rotatable bonds is 1. The van der Waals surface area contributed by atoms with Crippen molar-refractivity contribution in [3.8, 4) is 0 Å². The zero-order valence-electron chi connectivity index (χ0n) is 6.71. The van der Waals surface area contributed by atoms with E-state index in [1.807, 2.05) is 0 Å².